The van der Waals surface area contributed by atoms with Crippen LogP contribution in [0.5, 0.6) is 0 Å². The largest absolute Gasteiger partial charge is 0.512 e. The van der Waals surface area contributed by atoms with Gasteiger partial charge in [0.1, 0.15) is 0 Å². The Morgan fingerprint density at radius 3 is 2.10 bits per heavy atom. The molecule has 5 aliphatic rings. The second kappa shape index (κ2) is 14.6. The van der Waals surface area contributed by atoms with Crippen LogP contribution in [0.15, 0.2) is 72.6 Å². The molecule has 3 nitrogen and oxygen atoms in total. The molecule has 1 aromatic heterocycles. The van der Waals surface area contributed by atoms with E-state index in [9.17, 15) is 9.90 Å². The summed E-state index contributed by atoms with van der Waals surface area (Å²) >= 11 is 0. The quantitative estimate of drug-likeness (QED) is 0.126. The number of hydrogen-bond donors (Lipinski definition) is 1. The Bertz CT molecular complexity index is 1970. The number of aryl methyl sites for hydroxylation is 1. The van der Waals surface area contributed by atoms with Crippen LogP contribution in [0.25, 0.3) is 22.0 Å². The van der Waals surface area contributed by atoms with Gasteiger partial charge in [-0.2, -0.15) is 0 Å². The van der Waals surface area contributed by atoms with Crippen molar-refractivity contribution in [2.75, 3.05) is 0 Å². The fourth-order valence-corrected chi connectivity index (χ4v) is 11.1. The van der Waals surface area contributed by atoms with E-state index in [0.717, 1.165) is 43.4 Å². The van der Waals surface area contributed by atoms with Crippen LogP contribution < -0.4 is 0 Å². The van der Waals surface area contributed by atoms with E-state index in [-0.39, 0.29) is 54.0 Å². The van der Waals surface area contributed by atoms with E-state index in [0.29, 0.717) is 5.76 Å². The van der Waals surface area contributed by atoms with Gasteiger partial charge in [0.25, 0.3) is 0 Å². The molecule has 1 heterocycles. The van der Waals surface area contributed by atoms with Crippen LogP contribution in [-0.2, 0) is 60.4 Å². The average molecular weight is 871 g/mol. The maximum Gasteiger partial charge on any atom is 0.162 e. The van der Waals surface area contributed by atoms with Crippen LogP contribution in [0.4, 0.5) is 0 Å². The molecule has 275 valence electrons. The van der Waals surface area contributed by atoms with Crippen LogP contribution in [0.3, 0.4) is 0 Å². The molecule has 1 N–H and O–H groups in total. The third kappa shape index (κ3) is 6.88. The number of carbonyl (C=O) groups excluding carboxylic acids is 1. The number of nitrogens with zero attached hydrogens (tertiary/aromatic N) is 1. The van der Waals surface area contributed by atoms with Gasteiger partial charge < -0.3 is 10.1 Å². The third-order valence-electron chi connectivity index (χ3n) is 13.5. The van der Waals surface area contributed by atoms with Crippen molar-refractivity contribution in [3.63, 3.8) is 0 Å². The SMILES string of the molecule is CC1(C)CC(C)(C)c2cc(-c3[c-]ccc4c5c(ccc34)C3(CC5)Cc4ccccc4C3)ncc21.O=C(/C=C(\O)C1CCCCC1)C1CCCCC1.[Ir]. The molecule has 0 amide bonds. The first kappa shape index (κ1) is 37.3. The van der Waals surface area contributed by atoms with Crippen molar-refractivity contribution in [1.29, 1.82) is 0 Å². The molecular formula is C48H56IrNO2-. The van der Waals surface area contributed by atoms with Crippen LogP contribution in [0, 0.1) is 17.9 Å². The summed E-state index contributed by atoms with van der Waals surface area (Å²) in [4.78, 5) is 17.0. The minimum Gasteiger partial charge on any atom is -0.512 e. The molecule has 2 saturated carbocycles. The molecular weight excluding hydrogens is 815 g/mol. The summed E-state index contributed by atoms with van der Waals surface area (Å²) < 4.78 is 0. The molecule has 4 heteroatoms. The van der Waals surface area contributed by atoms with Gasteiger partial charge in [0.05, 0.1) is 5.76 Å². The first-order valence-corrected chi connectivity index (χ1v) is 20.0. The Labute approximate surface area is 325 Å². The van der Waals surface area contributed by atoms with Gasteiger partial charge in [-0.3, -0.25) is 4.79 Å². The average Bonchev–Trinajstić information content (AvgIpc) is 3.76. The van der Waals surface area contributed by atoms with E-state index >= 15 is 0 Å². The van der Waals surface area contributed by atoms with Crippen molar-refractivity contribution in [2.45, 2.75) is 140 Å². The molecule has 5 aliphatic carbocycles. The maximum atomic E-state index is 12.0. The van der Waals surface area contributed by atoms with Crippen molar-refractivity contribution >= 4 is 16.6 Å². The predicted molar refractivity (Wildman–Crippen MR) is 209 cm³/mol. The zero-order valence-electron chi connectivity index (χ0n) is 31.7. The molecule has 0 atom stereocenters. The van der Waals surface area contributed by atoms with Crippen molar-refractivity contribution in [2.24, 2.45) is 11.8 Å². The van der Waals surface area contributed by atoms with Crippen molar-refractivity contribution in [3.05, 3.63) is 112 Å². The number of fused-ring (bicyclic) bond motifs is 6. The van der Waals surface area contributed by atoms with Gasteiger partial charge in [-0.25, -0.2) is 0 Å². The fraction of sp³-hybridized carbons (Fsp3) is 0.500. The topological polar surface area (TPSA) is 50.2 Å². The molecule has 0 saturated heterocycles. The number of benzene rings is 3. The number of allylic oxidation sites excluding steroid dienone is 2. The van der Waals surface area contributed by atoms with E-state index in [2.05, 4.69) is 94.6 Å². The molecule has 2 fully saturated rings. The van der Waals surface area contributed by atoms with E-state index in [1.807, 2.05) is 0 Å². The van der Waals surface area contributed by atoms with Gasteiger partial charge in [0.2, 0.25) is 0 Å². The van der Waals surface area contributed by atoms with Gasteiger partial charge in [0.15, 0.2) is 5.78 Å². The zero-order valence-corrected chi connectivity index (χ0v) is 34.1. The predicted octanol–water partition coefficient (Wildman–Crippen LogP) is 11.8. The molecule has 1 radical (unpaired) electrons. The number of ketones is 1. The molecule has 1 spiro atoms. The number of aliphatic hydroxyl groups excluding tert-OH is 1. The van der Waals surface area contributed by atoms with Crippen LogP contribution >= 0.6 is 0 Å². The van der Waals surface area contributed by atoms with E-state index < -0.39 is 0 Å². The minimum absolute atomic E-state index is 0. The second-order valence-electron chi connectivity index (χ2n) is 18.0. The summed E-state index contributed by atoms with van der Waals surface area (Å²) in [5, 5.41) is 12.7. The Morgan fingerprint density at radius 1 is 0.788 bits per heavy atom. The van der Waals surface area contributed by atoms with Gasteiger partial charge in [0, 0.05) is 49.6 Å². The Morgan fingerprint density at radius 2 is 1.42 bits per heavy atom. The molecule has 52 heavy (non-hydrogen) atoms. The zero-order chi connectivity index (χ0) is 35.4. The summed E-state index contributed by atoms with van der Waals surface area (Å²) in [5.41, 5.74) is 12.0. The molecule has 0 aliphatic heterocycles. The molecule has 0 unspecified atom stereocenters. The number of aromatic nitrogens is 1. The molecule has 4 aromatic rings. The summed E-state index contributed by atoms with van der Waals surface area (Å²) in [6.45, 7) is 9.46. The van der Waals surface area contributed by atoms with Gasteiger partial charge in [-0.15, -0.1) is 23.8 Å². The van der Waals surface area contributed by atoms with Crippen LogP contribution in [0.2, 0.25) is 0 Å². The summed E-state index contributed by atoms with van der Waals surface area (Å²) in [6.07, 6.45) is 21.1. The van der Waals surface area contributed by atoms with Crippen LogP contribution in [0.1, 0.15) is 138 Å². The number of carbonyl (C=O) groups is 1. The first-order chi connectivity index (χ1) is 24.5. The van der Waals surface area contributed by atoms with E-state index in [1.165, 1.54) is 86.1 Å². The monoisotopic (exact) mass is 871 g/mol. The summed E-state index contributed by atoms with van der Waals surface area (Å²) in [7, 11) is 0. The fourth-order valence-electron chi connectivity index (χ4n) is 11.1. The van der Waals surface area contributed by atoms with Crippen molar-refractivity contribution < 1.29 is 30.0 Å². The number of pyridine rings is 1. The van der Waals surface area contributed by atoms with Crippen molar-refractivity contribution in [1.82, 2.24) is 4.98 Å². The standard InChI is InChI=1S/C33H32N.C15H24O2.Ir/c1-31(2)20-32(3,4)29-19-34-30(16-28(29)31)26-11-7-10-23-24(26)12-13-27-25(23)14-15-33(27)17-21-8-5-6-9-22(21)18-33;16-14(12-7-3-1-4-8-12)11-15(17)13-9-5-2-6-10-13;/h5-10,12-13,16,19H,14-15,17-18,20H2,1-4H3;11-13,16H,1-10H2;/q-1;;/b;14-11-;. The summed E-state index contributed by atoms with van der Waals surface area (Å²) in [6, 6.07) is 24.2. The van der Waals surface area contributed by atoms with E-state index in [1.54, 1.807) is 28.3 Å². The molecule has 9 rings (SSSR count). The number of hydrogen-bond acceptors (Lipinski definition) is 3. The Balaban J connectivity index is 0.000000198. The normalized spacial score (nSPS) is 21.5. The van der Waals surface area contributed by atoms with Gasteiger partial charge in [-0.1, -0.05) is 125 Å². The third-order valence-corrected chi connectivity index (χ3v) is 13.5. The minimum atomic E-state index is 0. The Kier molecular flexibility index (Phi) is 10.5. The van der Waals surface area contributed by atoms with Crippen molar-refractivity contribution in [3.8, 4) is 11.3 Å². The van der Waals surface area contributed by atoms with Gasteiger partial charge in [-0.05, 0) is 102 Å². The Hall–Kier alpha value is -3.07. The number of aliphatic hydroxyl groups is 1. The second-order valence-corrected chi connectivity index (χ2v) is 18.0. The van der Waals surface area contributed by atoms with Crippen LogP contribution in [-0.4, -0.2) is 15.9 Å². The summed E-state index contributed by atoms with van der Waals surface area (Å²) in [5.74, 6) is 0.985. The number of rotatable bonds is 4. The first-order valence-electron chi connectivity index (χ1n) is 20.0. The molecule has 0 bridgehead atoms. The smallest absolute Gasteiger partial charge is 0.162 e. The van der Waals surface area contributed by atoms with E-state index in [4.69, 9.17) is 4.98 Å². The van der Waals surface area contributed by atoms with Gasteiger partial charge >= 0.3 is 0 Å². The maximum absolute atomic E-state index is 12.0. The molecule has 3 aromatic carbocycles.